The van der Waals surface area contributed by atoms with Crippen molar-refractivity contribution in [2.45, 2.75) is 25.7 Å². The van der Waals surface area contributed by atoms with Crippen LogP contribution in [-0.2, 0) is 9.53 Å². The second kappa shape index (κ2) is 8.04. The standard InChI is InChI=1S/C21H23NO4/c1-14(10-11-20(23)24)12-22-21(25)26-13-19-17-8-4-2-6-15(17)16-7-3-5-9-18(16)19/h2-9,14,19H,10-13H2,1H3,(H,22,25)(H,23,24). The molecule has 1 atom stereocenters. The molecule has 0 saturated carbocycles. The summed E-state index contributed by atoms with van der Waals surface area (Å²) in [5.74, 6) is -0.692. The summed E-state index contributed by atoms with van der Waals surface area (Å²) in [4.78, 5) is 22.6. The van der Waals surface area contributed by atoms with Crippen LogP contribution in [0.3, 0.4) is 0 Å². The molecule has 1 amide bonds. The lowest BCUT2D eigenvalue weighted by Crippen LogP contribution is -2.30. The van der Waals surface area contributed by atoms with Crippen molar-refractivity contribution in [3.8, 4) is 11.1 Å². The summed E-state index contributed by atoms with van der Waals surface area (Å²) < 4.78 is 5.45. The minimum absolute atomic E-state index is 0.0394. The van der Waals surface area contributed by atoms with Gasteiger partial charge in [-0.15, -0.1) is 0 Å². The van der Waals surface area contributed by atoms with Crippen LogP contribution in [0.1, 0.15) is 36.8 Å². The number of carboxylic acids is 1. The Morgan fingerprint density at radius 1 is 1.08 bits per heavy atom. The molecule has 136 valence electrons. The number of benzene rings is 2. The van der Waals surface area contributed by atoms with Crippen LogP contribution in [0.15, 0.2) is 48.5 Å². The maximum Gasteiger partial charge on any atom is 0.407 e. The van der Waals surface area contributed by atoms with Crippen molar-refractivity contribution in [1.29, 1.82) is 0 Å². The van der Waals surface area contributed by atoms with Gasteiger partial charge < -0.3 is 15.2 Å². The molecule has 2 aromatic carbocycles. The quantitative estimate of drug-likeness (QED) is 0.788. The third-order valence-corrected chi connectivity index (χ3v) is 4.79. The van der Waals surface area contributed by atoms with Gasteiger partial charge in [-0.1, -0.05) is 55.5 Å². The van der Waals surface area contributed by atoms with Crippen LogP contribution in [0.4, 0.5) is 4.79 Å². The van der Waals surface area contributed by atoms with E-state index in [1.807, 2.05) is 31.2 Å². The van der Waals surface area contributed by atoms with Gasteiger partial charge in [0.1, 0.15) is 6.61 Å². The fourth-order valence-corrected chi connectivity index (χ4v) is 3.38. The normalized spacial score (nSPS) is 13.6. The predicted octanol–water partition coefficient (Wildman–Crippen LogP) is 4.03. The molecule has 0 spiro atoms. The Hall–Kier alpha value is -2.82. The molecule has 0 aliphatic heterocycles. The van der Waals surface area contributed by atoms with Crippen molar-refractivity contribution in [2.75, 3.05) is 13.2 Å². The van der Waals surface area contributed by atoms with E-state index in [0.29, 0.717) is 13.0 Å². The highest BCUT2D eigenvalue weighted by Crippen LogP contribution is 2.44. The van der Waals surface area contributed by atoms with E-state index >= 15 is 0 Å². The minimum Gasteiger partial charge on any atom is -0.481 e. The summed E-state index contributed by atoms with van der Waals surface area (Å²) in [6.45, 7) is 2.60. The molecule has 1 unspecified atom stereocenters. The first-order valence-corrected chi connectivity index (χ1v) is 8.87. The van der Waals surface area contributed by atoms with Crippen molar-refractivity contribution in [1.82, 2.24) is 5.32 Å². The molecule has 0 heterocycles. The van der Waals surface area contributed by atoms with E-state index < -0.39 is 12.1 Å². The zero-order valence-corrected chi connectivity index (χ0v) is 14.8. The number of amides is 1. The lowest BCUT2D eigenvalue weighted by molar-refractivity contribution is -0.137. The van der Waals surface area contributed by atoms with Crippen LogP contribution >= 0.6 is 0 Å². The van der Waals surface area contributed by atoms with Gasteiger partial charge in [-0.2, -0.15) is 0 Å². The van der Waals surface area contributed by atoms with E-state index in [9.17, 15) is 9.59 Å². The van der Waals surface area contributed by atoms with Crippen molar-refractivity contribution in [3.63, 3.8) is 0 Å². The number of rotatable bonds is 7. The summed E-state index contributed by atoms with van der Waals surface area (Å²) in [6.07, 6.45) is 0.168. The molecule has 0 bridgehead atoms. The molecule has 0 saturated heterocycles. The molecule has 1 aliphatic rings. The second-order valence-corrected chi connectivity index (χ2v) is 6.74. The average Bonchev–Trinajstić information content (AvgIpc) is 2.97. The van der Waals surface area contributed by atoms with Crippen molar-refractivity contribution >= 4 is 12.1 Å². The second-order valence-electron chi connectivity index (χ2n) is 6.74. The van der Waals surface area contributed by atoms with Gasteiger partial charge in [0, 0.05) is 18.9 Å². The molecule has 26 heavy (non-hydrogen) atoms. The average molecular weight is 353 g/mol. The Morgan fingerprint density at radius 3 is 2.23 bits per heavy atom. The zero-order valence-electron chi connectivity index (χ0n) is 14.8. The molecule has 1 aliphatic carbocycles. The van der Waals surface area contributed by atoms with E-state index in [-0.39, 0.29) is 24.9 Å². The summed E-state index contributed by atoms with van der Waals surface area (Å²) >= 11 is 0. The molecule has 0 aromatic heterocycles. The van der Waals surface area contributed by atoms with Gasteiger partial charge in [-0.3, -0.25) is 4.79 Å². The first-order chi connectivity index (χ1) is 12.6. The smallest absolute Gasteiger partial charge is 0.407 e. The SMILES string of the molecule is CC(CCC(=O)O)CNC(=O)OCC1c2ccccc2-c2ccccc21. The van der Waals surface area contributed by atoms with Crippen molar-refractivity contribution < 1.29 is 19.4 Å². The van der Waals surface area contributed by atoms with E-state index in [0.717, 1.165) is 0 Å². The highest BCUT2D eigenvalue weighted by molar-refractivity contribution is 5.79. The van der Waals surface area contributed by atoms with Gasteiger partial charge in [-0.25, -0.2) is 4.79 Å². The Bertz CT molecular complexity index is 757. The summed E-state index contributed by atoms with van der Waals surface area (Å²) in [6, 6.07) is 16.4. The first-order valence-electron chi connectivity index (χ1n) is 8.87. The molecule has 2 aromatic rings. The van der Waals surface area contributed by atoms with E-state index in [4.69, 9.17) is 9.84 Å². The molecular weight excluding hydrogens is 330 g/mol. The number of aliphatic carboxylic acids is 1. The van der Waals surface area contributed by atoms with Gasteiger partial charge >= 0.3 is 12.1 Å². The predicted molar refractivity (Wildman–Crippen MR) is 99.1 cm³/mol. The highest BCUT2D eigenvalue weighted by atomic mass is 16.5. The number of alkyl carbamates (subject to hydrolysis) is 1. The monoisotopic (exact) mass is 353 g/mol. The molecule has 0 radical (unpaired) electrons. The fraction of sp³-hybridized carbons (Fsp3) is 0.333. The van der Waals surface area contributed by atoms with E-state index in [1.54, 1.807) is 0 Å². The van der Waals surface area contributed by atoms with Crippen LogP contribution in [0.25, 0.3) is 11.1 Å². The Balaban J connectivity index is 1.56. The number of ether oxygens (including phenoxy) is 1. The lowest BCUT2D eigenvalue weighted by atomic mass is 9.98. The van der Waals surface area contributed by atoms with Crippen molar-refractivity contribution in [2.24, 2.45) is 5.92 Å². The first kappa shape index (κ1) is 18.0. The molecule has 0 fully saturated rings. The van der Waals surface area contributed by atoms with E-state index in [2.05, 4.69) is 29.6 Å². The molecule has 5 heteroatoms. The minimum atomic E-state index is -0.821. The topological polar surface area (TPSA) is 75.6 Å². The van der Waals surface area contributed by atoms with Gasteiger partial charge in [0.15, 0.2) is 0 Å². The molecule has 5 nitrogen and oxygen atoms in total. The van der Waals surface area contributed by atoms with E-state index in [1.165, 1.54) is 22.3 Å². The Kier molecular flexibility index (Phi) is 5.56. The number of carboxylic acid groups (broad SMARTS) is 1. The largest absolute Gasteiger partial charge is 0.481 e. The zero-order chi connectivity index (χ0) is 18.5. The van der Waals surface area contributed by atoms with Crippen LogP contribution in [-0.4, -0.2) is 30.3 Å². The van der Waals surface area contributed by atoms with Crippen LogP contribution < -0.4 is 5.32 Å². The molecule has 2 N–H and O–H groups in total. The Labute approximate surface area is 153 Å². The van der Waals surface area contributed by atoms with Crippen LogP contribution in [0.5, 0.6) is 0 Å². The summed E-state index contributed by atoms with van der Waals surface area (Å²) in [7, 11) is 0. The maximum absolute atomic E-state index is 12.0. The number of nitrogens with one attached hydrogen (secondary N) is 1. The fourth-order valence-electron chi connectivity index (χ4n) is 3.38. The molecule has 3 rings (SSSR count). The van der Waals surface area contributed by atoms with Crippen LogP contribution in [0.2, 0.25) is 0 Å². The van der Waals surface area contributed by atoms with Gasteiger partial charge in [-0.05, 0) is 34.6 Å². The lowest BCUT2D eigenvalue weighted by Gasteiger charge is -2.16. The third kappa shape index (κ3) is 4.04. The summed E-state index contributed by atoms with van der Waals surface area (Å²) in [5.41, 5.74) is 4.74. The number of carbonyl (C=O) groups excluding carboxylic acids is 1. The van der Waals surface area contributed by atoms with Crippen LogP contribution in [0, 0.1) is 5.92 Å². The number of carbonyl (C=O) groups is 2. The van der Waals surface area contributed by atoms with Gasteiger partial charge in [0.2, 0.25) is 0 Å². The van der Waals surface area contributed by atoms with Gasteiger partial charge in [0.05, 0.1) is 0 Å². The highest BCUT2D eigenvalue weighted by Gasteiger charge is 2.28. The third-order valence-electron chi connectivity index (χ3n) is 4.79. The summed E-state index contributed by atoms with van der Waals surface area (Å²) in [5, 5.41) is 11.4. The van der Waals surface area contributed by atoms with Crippen molar-refractivity contribution in [3.05, 3.63) is 59.7 Å². The van der Waals surface area contributed by atoms with Gasteiger partial charge in [0.25, 0.3) is 0 Å². The maximum atomic E-state index is 12.0. The number of fused-ring (bicyclic) bond motifs is 3. The Morgan fingerprint density at radius 2 is 1.65 bits per heavy atom. The molecular formula is C21H23NO4. The number of hydrogen-bond donors (Lipinski definition) is 2. The number of hydrogen-bond acceptors (Lipinski definition) is 3.